The Morgan fingerprint density at radius 1 is 1.47 bits per heavy atom. The van der Waals surface area contributed by atoms with Crippen molar-refractivity contribution >= 4 is 17.3 Å². The van der Waals surface area contributed by atoms with Crippen LogP contribution in [0.5, 0.6) is 5.88 Å². The fraction of sp³-hybridized carbons (Fsp3) is 0.556. The maximum Gasteiger partial charge on any atom is 0.367 e. The zero-order valence-corrected chi connectivity index (χ0v) is 9.59. The average molecular weight is 260 g/mol. The minimum Gasteiger partial charge on any atom is -0.469 e. The lowest BCUT2D eigenvalue weighted by atomic mass is 10.1. The maximum absolute atomic E-state index is 10.8. The molecule has 1 fully saturated rings. The third kappa shape index (κ3) is 2.80. The highest BCUT2D eigenvalue weighted by Gasteiger charge is 2.26. The number of hydrogen-bond acceptors (Lipinski definition) is 6. The summed E-state index contributed by atoms with van der Waals surface area (Å²) in [6.07, 6.45) is 2.37. The summed E-state index contributed by atoms with van der Waals surface area (Å²) in [5.41, 5.74) is -0.388. The average Bonchev–Trinajstić information content (AvgIpc) is 2.30. The quantitative estimate of drug-likeness (QED) is 0.465. The molecule has 1 saturated heterocycles. The van der Waals surface area contributed by atoms with Crippen LogP contribution in [0.4, 0.5) is 5.69 Å². The van der Waals surface area contributed by atoms with E-state index in [-0.39, 0.29) is 22.8 Å². The number of rotatable bonds is 3. The van der Waals surface area contributed by atoms with Crippen molar-refractivity contribution in [2.24, 2.45) is 0 Å². The van der Waals surface area contributed by atoms with Crippen LogP contribution in [0, 0.1) is 10.1 Å². The highest BCUT2D eigenvalue weighted by atomic mass is 35.5. The Bertz CT molecular complexity index is 423. The van der Waals surface area contributed by atoms with E-state index in [1.54, 1.807) is 0 Å². The van der Waals surface area contributed by atoms with Crippen molar-refractivity contribution in [1.29, 1.82) is 0 Å². The Kier molecular flexibility index (Phi) is 3.70. The monoisotopic (exact) mass is 259 g/mol. The number of nitrogens with zero attached hydrogens (tertiary/aromatic N) is 3. The van der Waals surface area contributed by atoms with Crippen LogP contribution in [0.1, 0.15) is 12.8 Å². The van der Waals surface area contributed by atoms with Crippen molar-refractivity contribution in [3.8, 4) is 5.88 Å². The van der Waals surface area contributed by atoms with E-state index >= 15 is 0 Å². The first-order valence-electron chi connectivity index (χ1n) is 5.08. The molecule has 2 rings (SSSR count). The molecule has 0 N–H and O–H groups in total. The number of aromatic nitrogens is 2. The molecule has 0 aromatic carbocycles. The Morgan fingerprint density at radius 2 is 2.18 bits per heavy atom. The second kappa shape index (κ2) is 5.24. The Morgan fingerprint density at radius 3 is 2.82 bits per heavy atom. The first kappa shape index (κ1) is 12.0. The summed E-state index contributed by atoms with van der Waals surface area (Å²) in [7, 11) is 0. The van der Waals surface area contributed by atoms with Gasteiger partial charge >= 0.3 is 5.69 Å². The lowest BCUT2D eigenvalue weighted by Gasteiger charge is -2.22. The fourth-order valence-corrected chi connectivity index (χ4v) is 1.73. The lowest BCUT2D eigenvalue weighted by Crippen LogP contribution is -2.26. The van der Waals surface area contributed by atoms with Crippen LogP contribution in [0.3, 0.4) is 0 Å². The summed E-state index contributed by atoms with van der Waals surface area (Å²) in [4.78, 5) is 17.5. The Hall–Kier alpha value is -1.47. The van der Waals surface area contributed by atoms with Gasteiger partial charge in [-0.05, 0) is 0 Å². The molecule has 17 heavy (non-hydrogen) atoms. The molecule has 0 unspecified atom stereocenters. The van der Waals surface area contributed by atoms with Crippen molar-refractivity contribution in [2.75, 3.05) is 13.2 Å². The van der Waals surface area contributed by atoms with Gasteiger partial charge in [-0.15, -0.1) is 0 Å². The van der Waals surface area contributed by atoms with E-state index in [9.17, 15) is 10.1 Å². The summed E-state index contributed by atoms with van der Waals surface area (Å²) in [6, 6.07) is 0. The molecule has 0 saturated carbocycles. The summed E-state index contributed by atoms with van der Waals surface area (Å²) in [5.74, 6) is -0.0816. The molecule has 1 aromatic rings. The van der Waals surface area contributed by atoms with Gasteiger partial charge in [-0.1, -0.05) is 11.6 Å². The van der Waals surface area contributed by atoms with Crippen molar-refractivity contribution < 1.29 is 14.4 Å². The van der Waals surface area contributed by atoms with Gasteiger partial charge in [-0.2, -0.15) is 4.98 Å². The zero-order valence-electron chi connectivity index (χ0n) is 8.84. The van der Waals surface area contributed by atoms with E-state index < -0.39 is 4.92 Å². The fourth-order valence-electron chi connectivity index (χ4n) is 1.53. The molecule has 0 aliphatic carbocycles. The van der Waals surface area contributed by atoms with Crippen molar-refractivity contribution in [3.05, 3.63) is 21.6 Å². The summed E-state index contributed by atoms with van der Waals surface area (Å²) in [6.45, 7) is 1.16. The van der Waals surface area contributed by atoms with Crippen LogP contribution in [-0.2, 0) is 4.74 Å². The van der Waals surface area contributed by atoms with Crippen LogP contribution in [-0.4, -0.2) is 34.2 Å². The topological polar surface area (TPSA) is 87.4 Å². The number of hydrogen-bond donors (Lipinski definition) is 0. The minimum absolute atomic E-state index is 0.0816. The lowest BCUT2D eigenvalue weighted by molar-refractivity contribution is -0.386. The van der Waals surface area contributed by atoms with E-state index in [0.29, 0.717) is 26.1 Å². The van der Waals surface area contributed by atoms with Crippen LogP contribution in [0.2, 0.25) is 5.15 Å². The zero-order chi connectivity index (χ0) is 12.3. The van der Waals surface area contributed by atoms with E-state index in [4.69, 9.17) is 21.1 Å². The molecule has 1 aromatic heterocycles. The largest absolute Gasteiger partial charge is 0.469 e. The van der Waals surface area contributed by atoms with Gasteiger partial charge in [-0.3, -0.25) is 10.1 Å². The molecule has 0 radical (unpaired) electrons. The van der Waals surface area contributed by atoms with Crippen LogP contribution in [0.15, 0.2) is 6.33 Å². The van der Waals surface area contributed by atoms with Crippen LogP contribution >= 0.6 is 11.6 Å². The van der Waals surface area contributed by atoms with Gasteiger partial charge in [0.2, 0.25) is 5.15 Å². The first-order valence-corrected chi connectivity index (χ1v) is 5.45. The van der Waals surface area contributed by atoms with Crippen molar-refractivity contribution in [2.45, 2.75) is 18.9 Å². The molecule has 1 aliphatic heterocycles. The highest BCUT2D eigenvalue weighted by molar-refractivity contribution is 6.31. The molecule has 0 amide bonds. The maximum atomic E-state index is 10.8. The Balaban J connectivity index is 2.19. The Labute approximate surface area is 102 Å². The third-order valence-electron chi connectivity index (χ3n) is 2.37. The molecule has 1 aliphatic rings. The van der Waals surface area contributed by atoms with E-state index in [2.05, 4.69) is 9.97 Å². The minimum atomic E-state index is -0.642. The molecule has 0 spiro atoms. The number of nitro groups is 1. The van der Waals surface area contributed by atoms with Gasteiger partial charge in [0.1, 0.15) is 12.4 Å². The van der Waals surface area contributed by atoms with Crippen LogP contribution < -0.4 is 4.74 Å². The summed E-state index contributed by atoms with van der Waals surface area (Å²) < 4.78 is 10.6. The number of halogens is 1. The van der Waals surface area contributed by atoms with Gasteiger partial charge < -0.3 is 9.47 Å². The normalized spacial score (nSPS) is 16.8. The van der Waals surface area contributed by atoms with Crippen molar-refractivity contribution in [1.82, 2.24) is 9.97 Å². The van der Waals surface area contributed by atoms with Gasteiger partial charge in [0.15, 0.2) is 0 Å². The molecular weight excluding hydrogens is 250 g/mol. The van der Waals surface area contributed by atoms with Crippen molar-refractivity contribution in [3.63, 3.8) is 0 Å². The standard InChI is InChI=1S/C9H10ClN3O4/c10-8-7(13(14)15)9(12-5-11-8)17-6-1-3-16-4-2-6/h5-6H,1-4H2. The molecule has 0 bridgehead atoms. The first-order chi connectivity index (χ1) is 8.18. The molecule has 7 nitrogen and oxygen atoms in total. The van der Waals surface area contributed by atoms with Gasteiger partial charge in [0.25, 0.3) is 5.88 Å². The van der Waals surface area contributed by atoms with E-state index in [1.807, 2.05) is 0 Å². The smallest absolute Gasteiger partial charge is 0.367 e. The second-order valence-corrected chi connectivity index (χ2v) is 3.86. The van der Waals surface area contributed by atoms with E-state index in [0.717, 1.165) is 6.33 Å². The molecular formula is C9H10ClN3O4. The molecule has 8 heteroatoms. The predicted molar refractivity (Wildman–Crippen MR) is 58.2 cm³/mol. The molecule has 0 atom stereocenters. The molecule has 92 valence electrons. The third-order valence-corrected chi connectivity index (χ3v) is 2.65. The predicted octanol–water partition coefficient (Wildman–Crippen LogP) is 1.60. The van der Waals surface area contributed by atoms with Gasteiger partial charge in [0, 0.05) is 12.8 Å². The van der Waals surface area contributed by atoms with Crippen LogP contribution in [0.25, 0.3) is 0 Å². The summed E-state index contributed by atoms with van der Waals surface area (Å²) in [5, 5.41) is 10.6. The second-order valence-electron chi connectivity index (χ2n) is 3.50. The highest BCUT2D eigenvalue weighted by Crippen LogP contribution is 2.31. The van der Waals surface area contributed by atoms with Gasteiger partial charge in [0.05, 0.1) is 18.1 Å². The SMILES string of the molecule is O=[N+]([O-])c1c(Cl)ncnc1OC1CCOCC1. The number of ether oxygens (including phenoxy) is 2. The van der Waals surface area contributed by atoms with Gasteiger partial charge in [-0.25, -0.2) is 4.98 Å². The molecule has 2 heterocycles. The van der Waals surface area contributed by atoms with E-state index in [1.165, 1.54) is 0 Å². The summed E-state index contributed by atoms with van der Waals surface area (Å²) >= 11 is 5.64.